The van der Waals surface area contributed by atoms with E-state index in [-0.39, 0.29) is 19.8 Å². The van der Waals surface area contributed by atoms with Gasteiger partial charge in [-0.05, 0) is 11.1 Å². The number of carboxylic acids is 1. The molecule has 0 aliphatic carbocycles. The van der Waals surface area contributed by atoms with Crippen LogP contribution in [0.2, 0.25) is 0 Å². The molecule has 0 heterocycles. The second-order valence-electron chi connectivity index (χ2n) is 6.10. The largest absolute Gasteiger partial charge is 0.479 e. The molecule has 2 rings (SSSR count). The number of aliphatic carboxylic acids is 1. The summed E-state index contributed by atoms with van der Waals surface area (Å²) in [6.07, 6.45) is -6.71. The molecule has 7 nitrogen and oxygen atoms in total. The second kappa shape index (κ2) is 10.8. The molecule has 0 amide bonds. The molecular weight excluding hydrogens is 352 g/mol. The topological polar surface area (TPSA) is 116 Å². The third-order valence-corrected chi connectivity index (χ3v) is 4.01. The number of hydrogen-bond acceptors (Lipinski definition) is 6. The Hall–Kier alpha value is -2.29. The molecule has 0 saturated heterocycles. The molecule has 0 saturated carbocycles. The lowest BCUT2D eigenvalue weighted by molar-refractivity contribution is -0.171. The summed E-state index contributed by atoms with van der Waals surface area (Å²) in [5.41, 5.74) is 1.76. The number of carbonyl (C=O) groups is 1. The third kappa shape index (κ3) is 6.74. The van der Waals surface area contributed by atoms with Crippen molar-refractivity contribution >= 4 is 5.97 Å². The van der Waals surface area contributed by atoms with E-state index in [0.717, 1.165) is 11.1 Å². The Morgan fingerprint density at radius 1 is 0.815 bits per heavy atom. The Kier molecular flexibility index (Phi) is 8.38. The van der Waals surface area contributed by atoms with Gasteiger partial charge in [-0.25, -0.2) is 4.79 Å². The molecule has 0 aliphatic heterocycles. The van der Waals surface area contributed by atoms with E-state index in [1.807, 2.05) is 60.7 Å². The molecular formula is C20H24O7. The van der Waals surface area contributed by atoms with E-state index in [1.165, 1.54) is 0 Å². The fourth-order valence-corrected chi connectivity index (χ4v) is 2.44. The van der Waals surface area contributed by atoms with Crippen LogP contribution in [0, 0.1) is 0 Å². The van der Waals surface area contributed by atoms with Crippen molar-refractivity contribution < 1.29 is 34.7 Å². The first-order valence-electron chi connectivity index (χ1n) is 8.53. The van der Waals surface area contributed by atoms with Crippen LogP contribution in [0.25, 0.3) is 0 Å². The van der Waals surface area contributed by atoms with Crippen LogP contribution in [-0.4, -0.2) is 57.4 Å². The summed E-state index contributed by atoms with van der Waals surface area (Å²) < 4.78 is 11.2. The number of carboxylic acid groups (broad SMARTS) is 1. The maximum atomic E-state index is 10.9. The number of benzene rings is 2. The monoisotopic (exact) mass is 376 g/mol. The van der Waals surface area contributed by atoms with Gasteiger partial charge in [-0.2, -0.15) is 0 Å². The van der Waals surface area contributed by atoms with Crippen LogP contribution in [0.1, 0.15) is 11.1 Å². The van der Waals surface area contributed by atoms with Crippen molar-refractivity contribution in [3.63, 3.8) is 0 Å². The van der Waals surface area contributed by atoms with Gasteiger partial charge in [0.05, 0.1) is 19.8 Å². The van der Waals surface area contributed by atoms with Gasteiger partial charge in [0.2, 0.25) is 0 Å². The van der Waals surface area contributed by atoms with Crippen LogP contribution >= 0.6 is 0 Å². The van der Waals surface area contributed by atoms with Crippen molar-refractivity contribution in [3.8, 4) is 0 Å². The number of ether oxygens (including phenoxy) is 2. The van der Waals surface area contributed by atoms with Crippen molar-refractivity contribution in [2.45, 2.75) is 37.6 Å². The zero-order valence-electron chi connectivity index (χ0n) is 14.7. The van der Waals surface area contributed by atoms with E-state index in [2.05, 4.69) is 0 Å². The number of aliphatic hydroxyl groups is 3. The first-order chi connectivity index (χ1) is 13.0. The molecule has 0 bridgehead atoms. The minimum absolute atomic E-state index is 0.0910. The fraction of sp³-hybridized carbons (Fsp3) is 0.350. The average Bonchev–Trinajstić information content (AvgIpc) is 2.70. The molecule has 4 N–H and O–H groups in total. The van der Waals surface area contributed by atoms with Crippen LogP contribution in [0.4, 0.5) is 0 Å². The van der Waals surface area contributed by atoms with Crippen LogP contribution in [-0.2, 0) is 27.5 Å². The molecule has 146 valence electrons. The second-order valence-corrected chi connectivity index (χ2v) is 6.10. The summed E-state index contributed by atoms with van der Waals surface area (Å²) in [4.78, 5) is 10.9. The number of rotatable bonds is 11. The number of aliphatic hydroxyl groups excluding tert-OH is 3. The fourth-order valence-electron chi connectivity index (χ4n) is 2.44. The summed E-state index contributed by atoms with van der Waals surface area (Å²) in [5.74, 6) is -1.63. The highest BCUT2D eigenvalue weighted by atomic mass is 16.5. The van der Waals surface area contributed by atoms with Gasteiger partial charge in [0.15, 0.2) is 6.10 Å². The highest BCUT2D eigenvalue weighted by molar-refractivity contribution is 5.72. The van der Waals surface area contributed by atoms with E-state index >= 15 is 0 Å². The molecule has 0 fully saturated rings. The van der Waals surface area contributed by atoms with Gasteiger partial charge in [-0.1, -0.05) is 60.7 Å². The van der Waals surface area contributed by atoms with Gasteiger partial charge in [-0.15, -0.1) is 0 Å². The van der Waals surface area contributed by atoms with Gasteiger partial charge in [-0.3, -0.25) is 0 Å². The minimum atomic E-state index is -2.13. The summed E-state index contributed by atoms with van der Waals surface area (Å²) in [6.45, 7) is 0.301. The van der Waals surface area contributed by atoms with Gasteiger partial charge in [0.25, 0.3) is 0 Å². The predicted molar refractivity (Wildman–Crippen MR) is 96.8 cm³/mol. The van der Waals surface area contributed by atoms with Crippen molar-refractivity contribution in [3.05, 3.63) is 71.8 Å². The average molecular weight is 376 g/mol. The quantitative estimate of drug-likeness (QED) is 0.461. The molecule has 0 aromatic heterocycles. The lowest BCUT2D eigenvalue weighted by Crippen LogP contribution is -2.49. The van der Waals surface area contributed by atoms with Crippen LogP contribution in [0.5, 0.6) is 0 Å². The Morgan fingerprint density at radius 2 is 1.33 bits per heavy atom. The standard InChI is InChI=1S/C20H24O7/c21-17(18(22)19(23)20(24)25)16(27-12-15-9-5-2-6-10-15)13-26-11-14-7-3-1-4-8-14/h1-10,16-19,21-23H,11-13H2,(H,24,25). The Bertz CT molecular complexity index is 677. The predicted octanol–water partition coefficient (Wildman–Crippen LogP) is 0.956. The smallest absolute Gasteiger partial charge is 0.335 e. The lowest BCUT2D eigenvalue weighted by atomic mass is 10.0. The molecule has 0 aliphatic rings. The molecule has 27 heavy (non-hydrogen) atoms. The SMILES string of the molecule is O=C(O)C(O)C(O)C(O)C(COCc1ccccc1)OCc1ccccc1. The highest BCUT2D eigenvalue weighted by Crippen LogP contribution is 2.13. The Morgan fingerprint density at radius 3 is 1.85 bits per heavy atom. The summed E-state index contributed by atoms with van der Waals surface area (Å²) in [7, 11) is 0. The molecule has 0 radical (unpaired) electrons. The maximum absolute atomic E-state index is 10.9. The van der Waals surface area contributed by atoms with E-state index < -0.39 is 30.4 Å². The highest BCUT2D eigenvalue weighted by Gasteiger charge is 2.35. The molecule has 7 heteroatoms. The first-order valence-corrected chi connectivity index (χ1v) is 8.53. The van der Waals surface area contributed by atoms with Crippen LogP contribution in [0.15, 0.2) is 60.7 Å². The van der Waals surface area contributed by atoms with Crippen molar-refractivity contribution in [1.82, 2.24) is 0 Å². The van der Waals surface area contributed by atoms with E-state index in [0.29, 0.717) is 0 Å². The van der Waals surface area contributed by atoms with Crippen LogP contribution in [0.3, 0.4) is 0 Å². The molecule has 4 unspecified atom stereocenters. The normalized spacial score (nSPS) is 15.7. The molecule has 0 spiro atoms. The minimum Gasteiger partial charge on any atom is -0.479 e. The Balaban J connectivity index is 1.98. The molecule has 2 aromatic carbocycles. The van der Waals surface area contributed by atoms with Crippen molar-refractivity contribution in [2.75, 3.05) is 6.61 Å². The summed E-state index contributed by atoms with van der Waals surface area (Å²) in [6, 6.07) is 18.5. The van der Waals surface area contributed by atoms with Crippen molar-refractivity contribution in [2.24, 2.45) is 0 Å². The van der Waals surface area contributed by atoms with E-state index in [1.54, 1.807) is 0 Å². The van der Waals surface area contributed by atoms with Gasteiger partial charge >= 0.3 is 5.97 Å². The summed E-state index contributed by atoms with van der Waals surface area (Å²) in [5, 5.41) is 38.5. The van der Waals surface area contributed by atoms with Gasteiger partial charge in [0.1, 0.15) is 18.3 Å². The summed E-state index contributed by atoms with van der Waals surface area (Å²) >= 11 is 0. The zero-order valence-corrected chi connectivity index (χ0v) is 14.7. The lowest BCUT2D eigenvalue weighted by Gasteiger charge is -2.28. The van der Waals surface area contributed by atoms with Crippen molar-refractivity contribution in [1.29, 1.82) is 0 Å². The maximum Gasteiger partial charge on any atom is 0.335 e. The van der Waals surface area contributed by atoms with Crippen LogP contribution < -0.4 is 0 Å². The molecule has 4 atom stereocenters. The van der Waals surface area contributed by atoms with Gasteiger partial charge < -0.3 is 29.9 Å². The zero-order chi connectivity index (χ0) is 19.6. The Labute approximate surface area is 157 Å². The third-order valence-electron chi connectivity index (χ3n) is 4.01. The number of hydrogen-bond donors (Lipinski definition) is 4. The van der Waals surface area contributed by atoms with E-state index in [4.69, 9.17) is 14.6 Å². The van der Waals surface area contributed by atoms with E-state index in [9.17, 15) is 20.1 Å². The first kappa shape index (κ1) is 21.0. The van der Waals surface area contributed by atoms with Gasteiger partial charge in [0, 0.05) is 0 Å². The molecule has 2 aromatic rings.